The van der Waals surface area contributed by atoms with Crippen molar-refractivity contribution in [2.45, 2.75) is 19.4 Å². The van der Waals surface area contributed by atoms with Crippen LogP contribution in [0.4, 0.5) is 0 Å². The third-order valence-electron chi connectivity index (χ3n) is 3.97. The molecule has 3 nitrogen and oxygen atoms in total. The molecule has 0 N–H and O–H groups in total. The van der Waals surface area contributed by atoms with Gasteiger partial charge in [-0.1, -0.05) is 23.2 Å². The summed E-state index contributed by atoms with van der Waals surface area (Å²) in [5.41, 5.74) is 1.07. The largest absolute Gasteiger partial charge is 0.301 e. The molecule has 1 saturated heterocycles. The van der Waals surface area contributed by atoms with Crippen molar-refractivity contribution in [2.75, 3.05) is 32.7 Å². The lowest BCUT2D eigenvalue weighted by Gasteiger charge is -2.34. The van der Waals surface area contributed by atoms with E-state index >= 15 is 0 Å². The van der Waals surface area contributed by atoms with Gasteiger partial charge in [0, 0.05) is 56.1 Å². The van der Waals surface area contributed by atoms with E-state index in [1.165, 1.54) is 32.5 Å². The fourth-order valence-corrected chi connectivity index (χ4v) is 3.01. The second kappa shape index (κ2) is 5.96. The van der Waals surface area contributed by atoms with E-state index in [2.05, 4.69) is 14.8 Å². The minimum Gasteiger partial charge on any atom is -0.301 e. The maximum atomic E-state index is 6.19. The minimum atomic E-state index is 0.461. The molecule has 2 aliphatic rings. The summed E-state index contributed by atoms with van der Waals surface area (Å²) in [7, 11) is 0. The average molecular weight is 300 g/mol. The Morgan fingerprint density at radius 2 is 1.79 bits per heavy atom. The summed E-state index contributed by atoms with van der Waals surface area (Å²) in [5, 5.41) is 1.18. The van der Waals surface area contributed by atoms with Crippen LogP contribution in [0, 0.1) is 5.92 Å². The minimum absolute atomic E-state index is 0.461. The van der Waals surface area contributed by atoms with Crippen LogP contribution in [0.5, 0.6) is 0 Å². The highest BCUT2D eigenvalue weighted by Crippen LogP contribution is 2.30. The van der Waals surface area contributed by atoms with Gasteiger partial charge < -0.3 is 4.90 Å². The van der Waals surface area contributed by atoms with Crippen molar-refractivity contribution in [3.8, 4) is 0 Å². The van der Waals surface area contributed by atoms with Crippen molar-refractivity contribution in [3.05, 3.63) is 28.0 Å². The summed E-state index contributed by atoms with van der Waals surface area (Å²) < 4.78 is 0. The van der Waals surface area contributed by atoms with Gasteiger partial charge in [0.15, 0.2) is 0 Å². The van der Waals surface area contributed by atoms with Gasteiger partial charge in [-0.25, -0.2) is 4.98 Å². The predicted molar refractivity (Wildman–Crippen MR) is 78.7 cm³/mol. The van der Waals surface area contributed by atoms with Gasteiger partial charge in [0.25, 0.3) is 0 Å². The van der Waals surface area contributed by atoms with Crippen molar-refractivity contribution in [1.82, 2.24) is 14.8 Å². The smallest absolute Gasteiger partial charge is 0.130 e. The maximum absolute atomic E-state index is 6.19. The van der Waals surface area contributed by atoms with Gasteiger partial charge in [-0.3, -0.25) is 4.90 Å². The molecule has 3 rings (SSSR count). The van der Waals surface area contributed by atoms with Gasteiger partial charge in [0.2, 0.25) is 0 Å². The number of hydrogen-bond donors (Lipinski definition) is 0. The molecule has 1 aromatic heterocycles. The van der Waals surface area contributed by atoms with Crippen LogP contribution < -0.4 is 0 Å². The first kappa shape index (κ1) is 13.6. The molecule has 5 heteroatoms. The van der Waals surface area contributed by atoms with E-state index in [-0.39, 0.29) is 0 Å². The summed E-state index contributed by atoms with van der Waals surface area (Å²) in [5.74, 6) is 0.987. The molecule has 0 bridgehead atoms. The van der Waals surface area contributed by atoms with Crippen molar-refractivity contribution in [2.24, 2.45) is 5.92 Å². The van der Waals surface area contributed by atoms with Gasteiger partial charge in [0.05, 0.1) is 0 Å². The molecule has 2 heterocycles. The van der Waals surface area contributed by atoms with Crippen molar-refractivity contribution >= 4 is 23.2 Å². The van der Waals surface area contributed by atoms with Crippen molar-refractivity contribution in [3.63, 3.8) is 0 Å². The number of piperazine rings is 1. The maximum Gasteiger partial charge on any atom is 0.130 e. The number of halogens is 2. The van der Waals surface area contributed by atoms with Gasteiger partial charge in [-0.15, -0.1) is 0 Å². The van der Waals surface area contributed by atoms with Gasteiger partial charge in [-0.05, 0) is 24.8 Å². The molecular weight excluding hydrogens is 281 g/mol. The second-order valence-corrected chi connectivity index (χ2v) is 6.41. The number of aromatic nitrogens is 1. The Hall–Kier alpha value is -0.350. The SMILES string of the molecule is Clc1cc(Cl)c(CN2CCN(CC3CC3)CC2)cn1. The normalized spacial score (nSPS) is 21.8. The molecule has 0 amide bonds. The molecule has 0 spiro atoms. The molecule has 0 atom stereocenters. The standard InChI is InChI=1S/C14H19Cl2N3/c15-13-7-14(16)17-8-12(13)10-19-5-3-18(4-6-19)9-11-1-2-11/h7-8,11H,1-6,9-10H2. The zero-order chi connectivity index (χ0) is 13.2. The fraction of sp³-hybridized carbons (Fsp3) is 0.643. The zero-order valence-corrected chi connectivity index (χ0v) is 12.5. The second-order valence-electron chi connectivity index (χ2n) is 5.62. The molecule has 0 radical (unpaired) electrons. The highest BCUT2D eigenvalue weighted by atomic mass is 35.5. The number of nitrogens with zero attached hydrogens (tertiary/aromatic N) is 3. The van der Waals surface area contributed by atoms with Crippen LogP contribution in [0.2, 0.25) is 10.2 Å². The van der Waals surface area contributed by atoms with E-state index in [9.17, 15) is 0 Å². The Labute approximate surface area is 124 Å². The molecule has 1 aliphatic carbocycles. The lowest BCUT2D eigenvalue weighted by atomic mass is 10.2. The lowest BCUT2D eigenvalue weighted by Crippen LogP contribution is -2.46. The highest BCUT2D eigenvalue weighted by molar-refractivity contribution is 6.34. The van der Waals surface area contributed by atoms with Crippen LogP contribution in [0.3, 0.4) is 0 Å². The van der Waals surface area contributed by atoms with E-state index in [0.717, 1.165) is 36.1 Å². The molecular formula is C14H19Cl2N3. The molecule has 2 fully saturated rings. The summed E-state index contributed by atoms with van der Waals surface area (Å²) in [6.45, 7) is 6.76. The molecule has 0 unspecified atom stereocenters. The zero-order valence-electron chi connectivity index (χ0n) is 11.0. The molecule has 19 heavy (non-hydrogen) atoms. The fourth-order valence-electron chi connectivity index (χ4n) is 2.59. The monoisotopic (exact) mass is 299 g/mol. The van der Waals surface area contributed by atoms with Crippen LogP contribution in [-0.2, 0) is 6.54 Å². The lowest BCUT2D eigenvalue weighted by molar-refractivity contribution is 0.123. The van der Waals surface area contributed by atoms with Crippen LogP contribution in [0.15, 0.2) is 12.3 Å². The molecule has 1 saturated carbocycles. The van der Waals surface area contributed by atoms with Crippen LogP contribution in [0.25, 0.3) is 0 Å². The Bertz CT molecular complexity index is 440. The first-order chi connectivity index (χ1) is 9.20. The quantitative estimate of drug-likeness (QED) is 0.797. The van der Waals surface area contributed by atoms with Crippen molar-refractivity contribution in [1.29, 1.82) is 0 Å². The Balaban J connectivity index is 1.50. The number of pyridine rings is 1. The highest BCUT2D eigenvalue weighted by Gasteiger charge is 2.26. The van der Waals surface area contributed by atoms with E-state index in [1.54, 1.807) is 12.3 Å². The third-order valence-corrected chi connectivity index (χ3v) is 4.53. The van der Waals surface area contributed by atoms with Gasteiger partial charge in [0.1, 0.15) is 5.15 Å². The van der Waals surface area contributed by atoms with E-state index in [1.807, 2.05) is 0 Å². The molecule has 1 aliphatic heterocycles. The van der Waals surface area contributed by atoms with Crippen molar-refractivity contribution < 1.29 is 0 Å². The van der Waals surface area contributed by atoms with E-state index in [4.69, 9.17) is 23.2 Å². The first-order valence-electron chi connectivity index (χ1n) is 6.95. The molecule has 104 valence electrons. The number of hydrogen-bond acceptors (Lipinski definition) is 3. The van der Waals surface area contributed by atoms with E-state index in [0.29, 0.717) is 5.15 Å². The summed E-state index contributed by atoms with van der Waals surface area (Å²) in [6.07, 6.45) is 4.67. The van der Waals surface area contributed by atoms with Gasteiger partial charge >= 0.3 is 0 Å². The average Bonchev–Trinajstić information content (AvgIpc) is 3.19. The molecule has 1 aromatic rings. The van der Waals surface area contributed by atoms with Crippen LogP contribution >= 0.6 is 23.2 Å². The Morgan fingerprint density at radius 3 is 2.42 bits per heavy atom. The summed E-state index contributed by atoms with van der Waals surface area (Å²) in [6, 6.07) is 1.72. The first-order valence-corrected chi connectivity index (χ1v) is 7.71. The van der Waals surface area contributed by atoms with Gasteiger partial charge in [-0.2, -0.15) is 0 Å². The Morgan fingerprint density at radius 1 is 1.11 bits per heavy atom. The van der Waals surface area contributed by atoms with Crippen LogP contribution in [-0.4, -0.2) is 47.5 Å². The van der Waals surface area contributed by atoms with E-state index < -0.39 is 0 Å². The third kappa shape index (κ3) is 3.82. The summed E-state index contributed by atoms with van der Waals surface area (Å²) >= 11 is 12.0. The summed E-state index contributed by atoms with van der Waals surface area (Å²) in [4.78, 5) is 9.15. The number of rotatable bonds is 4. The Kier molecular flexibility index (Phi) is 4.27. The molecule has 0 aromatic carbocycles. The van der Waals surface area contributed by atoms with Crippen LogP contribution in [0.1, 0.15) is 18.4 Å². The topological polar surface area (TPSA) is 19.4 Å². The predicted octanol–water partition coefficient (Wildman–Crippen LogP) is 2.92.